The van der Waals surface area contributed by atoms with Gasteiger partial charge in [0.1, 0.15) is 11.6 Å². The molecule has 0 radical (unpaired) electrons. The molecule has 0 bridgehead atoms. The molecule has 2 atom stereocenters. The minimum Gasteiger partial charge on any atom is -0.480 e. The van der Waals surface area contributed by atoms with Crippen molar-refractivity contribution >= 4 is 12.1 Å². The number of hydrogen-bond acceptors (Lipinski definition) is 4. The largest absolute Gasteiger partial charge is 0.480 e. The Morgan fingerprint density at radius 2 is 2.05 bits per heavy atom. The predicted octanol–water partition coefficient (Wildman–Crippen LogP) is 2.15. The van der Waals surface area contributed by atoms with Gasteiger partial charge >= 0.3 is 12.1 Å². The molecule has 1 fully saturated rings. The van der Waals surface area contributed by atoms with E-state index in [1.807, 2.05) is 0 Å². The molecule has 1 saturated heterocycles. The summed E-state index contributed by atoms with van der Waals surface area (Å²) in [6.07, 6.45) is -0.00349. The van der Waals surface area contributed by atoms with Crippen molar-refractivity contribution < 1.29 is 19.4 Å². The van der Waals surface area contributed by atoms with Crippen molar-refractivity contribution in [2.24, 2.45) is 5.11 Å². The second-order valence-electron chi connectivity index (χ2n) is 5.42. The molecule has 0 unspecified atom stereocenters. The van der Waals surface area contributed by atoms with Gasteiger partial charge in [-0.25, -0.2) is 9.59 Å². The van der Waals surface area contributed by atoms with Crippen LogP contribution >= 0.6 is 0 Å². The van der Waals surface area contributed by atoms with Crippen LogP contribution in [0.15, 0.2) is 5.11 Å². The average Bonchev–Trinajstić information content (AvgIpc) is 2.26. The Bertz CT molecular complexity index is 411. The van der Waals surface area contributed by atoms with Gasteiger partial charge in [-0.15, -0.1) is 0 Å². The van der Waals surface area contributed by atoms with Crippen LogP contribution < -0.4 is 0 Å². The quantitative estimate of drug-likeness (QED) is 0.470. The van der Waals surface area contributed by atoms with Gasteiger partial charge in [-0.2, -0.15) is 0 Å². The normalized spacial score (nSPS) is 23.4. The second-order valence-corrected chi connectivity index (χ2v) is 5.42. The zero-order chi connectivity index (χ0) is 14.6. The Morgan fingerprint density at radius 3 is 2.53 bits per heavy atom. The molecule has 106 valence electrons. The molecule has 0 aromatic carbocycles. The van der Waals surface area contributed by atoms with E-state index in [2.05, 4.69) is 10.0 Å². The van der Waals surface area contributed by atoms with Gasteiger partial charge in [-0.3, -0.25) is 4.90 Å². The molecule has 1 N–H and O–H groups in total. The third-order valence-corrected chi connectivity index (χ3v) is 2.69. The highest BCUT2D eigenvalue weighted by atomic mass is 16.6. The summed E-state index contributed by atoms with van der Waals surface area (Å²) in [7, 11) is 0. The molecule has 0 aromatic heterocycles. The number of carbonyl (C=O) groups excluding carboxylic acids is 1. The van der Waals surface area contributed by atoms with Gasteiger partial charge in [0, 0.05) is 11.5 Å². The zero-order valence-corrected chi connectivity index (χ0v) is 11.2. The predicted molar refractivity (Wildman–Crippen MR) is 66.5 cm³/mol. The number of amides is 1. The van der Waals surface area contributed by atoms with E-state index in [0.717, 1.165) is 4.90 Å². The average molecular weight is 270 g/mol. The summed E-state index contributed by atoms with van der Waals surface area (Å²) in [5, 5.41) is 12.7. The number of carboxylic acid groups (broad SMARTS) is 1. The van der Waals surface area contributed by atoms with E-state index in [9.17, 15) is 9.59 Å². The fourth-order valence-electron chi connectivity index (χ4n) is 1.90. The number of hydrogen-bond donors (Lipinski definition) is 1. The van der Waals surface area contributed by atoms with Gasteiger partial charge in [-0.05, 0) is 39.1 Å². The minimum absolute atomic E-state index is 0.0654. The first kappa shape index (κ1) is 15.1. The molecule has 0 saturated carbocycles. The van der Waals surface area contributed by atoms with E-state index in [0.29, 0.717) is 6.42 Å². The van der Waals surface area contributed by atoms with Gasteiger partial charge in [0.05, 0.1) is 6.04 Å². The molecule has 1 heterocycles. The Kier molecular flexibility index (Phi) is 4.61. The standard InChI is InChI=1S/C11H18N4O4/c1-11(2,3)19-10(18)15-6-7(13-14-12)4-5-8(15)9(16)17/h7-8H,4-6H2,1-3H3,(H,16,17)/t7-,8-/m0/s1. The summed E-state index contributed by atoms with van der Waals surface area (Å²) < 4.78 is 5.17. The highest BCUT2D eigenvalue weighted by molar-refractivity contribution is 5.80. The van der Waals surface area contributed by atoms with Crippen molar-refractivity contribution in [3.8, 4) is 0 Å². The molecular formula is C11H18N4O4. The Balaban J connectivity index is 2.85. The number of nitrogens with zero attached hydrogens (tertiary/aromatic N) is 4. The first-order valence-electron chi connectivity index (χ1n) is 6.01. The van der Waals surface area contributed by atoms with Crippen LogP contribution in [0.5, 0.6) is 0 Å². The fraction of sp³-hybridized carbons (Fsp3) is 0.818. The third-order valence-electron chi connectivity index (χ3n) is 2.69. The van der Waals surface area contributed by atoms with E-state index in [-0.39, 0.29) is 13.0 Å². The molecule has 1 amide bonds. The molecule has 19 heavy (non-hydrogen) atoms. The minimum atomic E-state index is -1.08. The van der Waals surface area contributed by atoms with Crippen LogP contribution in [0, 0.1) is 0 Å². The Morgan fingerprint density at radius 1 is 1.42 bits per heavy atom. The van der Waals surface area contributed by atoms with E-state index in [4.69, 9.17) is 15.4 Å². The number of carbonyl (C=O) groups is 2. The van der Waals surface area contributed by atoms with Gasteiger partial charge in [0.2, 0.25) is 0 Å². The number of likely N-dealkylation sites (tertiary alicyclic amines) is 1. The van der Waals surface area contributed by atoms with Crippen LogP contribution in [-0.2, 0) is 9.53 Å². The zero-order valence-electron chi connectivity index (χ0n) is 11.2. The summed E-state index contributed by atoms with van der Waals surface area (Å²) >= 11 is 0. The molecule has 1 aliphatic heterocycles. The lowest BCUT2D eigenvalue weighted by molar-refractivity contribution is -0.144. The summed E-state index contributed by atoms with van der Waals surface area (Å²) in [6.45, 7) is 5.18. The smallest absolute Gasteiger partial charge is 0.411 e. The summed E-state index contributed by atoms with van der Waals surface area (Å²) in [5.74, 6) is -1.08. The molecule has 8 nitrogen and oxygen atoms in total. The number of aliphatic carboxylic acids is 1. The topological polar surface area (TPSA) is 116 Å². The maximum atomic E-state index is 12.0. The first-order valence-corrected chi connectivity index (χ1v) is 6.01. The van der Waals surface area contributed by atoms with Crippen LogP contribution in [0.4, 0.5) is 4.79 Å². The SMILES string of the molecule is CC(C)(C)OC(=O)N1C[C@@H](N=[N+]=[N-])CC[C@H]1C(=O)O. The van der Waals surface area contributed by atoms with Crippen molar-refractivity contribution in [1.82, 2.24) is 4.90 Å². The Labute approximate surface area is 111 Å². The number of piperidine rings is 1. The van der Waals surface area contributed by atoms with Crippen LogP contribution in [-0.4, -0.2) is 46.3 Å². The maximum Gasteiger partial charge on any atom is 0.411 e. The molecule has 0 spiro atoms. The van der Waals surface area contributed by atoms with Crippen LogP contribution in [0.2, 0.25) is 0 Å². The molecule has 0 aliphatic carbocycles. The van der Waals surface area contributed by atoms with E-state index in [1.54, 1.807) is 20.8 Å². The van der Waals surface area contributed by atoms with Crippen LogP contribution in [0.25, 0.3) is 10.4 Å². The monoisotopic (exact) mass is 270 g/mol. The first-order chi connectivity index (χ1) is 8.74. The molecule has 1 rings (SSSR count). The Hall–Kier alpha value is -1.95. The lowest BCUT2D eigenvalue weighted by atomic mass is 9.99. The second kappa shape index (κ2) is 5.79. The van der Waals surface area contributed by atoms with E-state index < -0.39 is 29.7 Å². The summed E-state index contributed by atoms with van der Waals surface area (Å²) in [6, 6.07) is -1.34. The van der Waals surface area contributed by atoms with Gasteiger partial charge in [0.15, 0.2) is 0 Å². The van der Waals surface area contributed by atoms with Crippen molar-refractivity contribution in [2.45, 2.75) is 51.3 Å². The lowest BCUT2D eigenvalue weighted by Crippen LogP contribution is -2.53. The highest BCUT2D eigenvalue weighted by Gasteiger charge is 2.37. The van der Waals surface area contributed by atoms with Crippen LogP contribution in [0.1, 0.15) is 33.6 Å². The highest BCUT2D eigenvalue weighted by Crippen LogP contribution is 2.22. The van der Waals surface area contributed by atoms with Gasteiger partial charge in [0.25, 0.3) is 0 Å². The van der Waals surface area contributed by atoms with E-state index in [1.165, 1.54) is 0 Å². The van der Waals surface area contributed by atoms with Crippen molar-refractivity contribution in [3.63, 3.8) is 0 Å². The van der Waals surface area contributed by atoms with Gasteiger partial charge in [-0.1, -0.05) is 5.11 Å². The van der Waals surface area contributed by atoms with Crippen molar-refractivity contribution in [3.05, 3.63) is 10.4 Å². The molecule has 1 aliphatic rings. The number of ether oxygens (including phenoxy) is 1. The summed E-state index contributed by atoms with van der Waals surface area (Å²) in [5.41, 5.74) is 7.71. The summed E-state index contributed by atoms with van der Waals surface area (Å²) in [4.78, 5) is 26.9. The maximum absolute atomic E-state index is 12.0. The number of azide groups is 1. The van der Waals surface area contributed by atoms with Crippen molar-refractivity contribution in [2.75, 3.05) is 6.54 Å². The number of rotatable bonds is 2. The third kappa shape index (κ3) is 4.33. The molecule has 0 aromatic rings. The van der Waals surface area contributed by atoms with Crippen molar-refractivity contribution in [1.29, 1.82) is 0 Å². The van der Waals surface area contributed by atoms with Gasteiger partial charge < -0.3 is 9.84 Å². The fourth-order valence-corrected chi connectivity index (χ4v) is 1.90. The molecule has 8 heteroatoms. The lowest BCUT2D eigenvalue weighted by Gasteiger charge is -2.36. The van der Waals surface area contributed by atoms with E-state index >= 15 is 0 Å². The molecular weight excluding hydrogens is 252 g/mol. The van der Waals surface area contributed by atoms with Crippen LogP contribution in [0.3, 0.4) is 0 Å². The number of carboxylic acids is 1.